The Morgan fingerprint density at radius 3 is 2.52 bits per heavy atom. The zero-order chi connectivity index (χ0) is 18.6. The predicted octanol–water partition coefficient (Wildman–Crippen LogP) is 2.42. The number of rotatable bonds is 5. The molecule has 4 rings (SSSR count). The third-order valence-electron chi connectivity index (χ3n) is 4.63. The molecule has 0 N–H and O–H groups in total. The van der Waals surface area contributed by atoms with Crippen LogP contribution in [0.5, 0.6) is 0 Å². The number of ether oxygens (including phenoxy) is 1. The first kappa shape index (κ1) is 17.7. The van der Waals surface area contributed by atoms with E-state index in [2.05, 4.69) is 20.4 Å². The Kier molecular flexibility index (Phi) is 5.17. The second-order valence-corrected chi connectivity index (χ2v) is 6.43. The van der Waals surface area contributed by atoms with Crippen LogP contribution in [0.1, 0.15) is 23.0 Å². The summed E-state index contributed by atoms with van der Waals surface area (Å²) in [5, 5.41) is 12.2. The van der Waals surface area contributed by atoms with E-state index in [-0.39, 0.29) is 17.7 Å². The number of aromatic nitrogens is 4. The lowest BCUT2D eigenvalue weighted by molar-refractivity contribution is 0.0216. The monoisotopic (exact) mass is 371 g/mol. The summed E-state index contributed by atoms with van der Waals surface area (Å²) in [5.41, 5.74) is 1.66. The topological polar surface area (TPSA) is 56.1 Å². The molecule has 0 radical (unpaired) electrons. The SMILES string of the molecule is Fc1ccc(Cn2nnnc2[C@@H](c2cccc(F)c2)N2CCOCC2)cc1. The summed E-state index contributed by atoms with van der Waals surface area (Å²) in [4.78, 5) is 2.19. The second-order valence-electron chi connectivity index (χ2n) is 6.43. The molecule has 1 fully saturated rings. The minimum Gasteiger partial charge on any atom is -0.379 e. The van der Waals surface area contributed by atoms with E-state index < -0.39 is 0 Å². The third-order valence-corrected chi connectivity index (χ3v) is 4.63. The highest BCUT2D eigenvalue weighted by molar-refractivity contribution is 5.26. The molecule has 2 aromatic carbocycles. The fourth-order valence-electron chi connectivity index (χ4n) is 3.32. The number of tetrazole rings is 1. The van der Waals surface area contributed by atoms with Crippen molar-refractivity contribution in [3.8, 4) is 0 Å². The molecule has 0 bridgehead atoms. The predicted molar refractivity (Wildman–Crippen MR) is 94.0 cm³/mol. The lowest BCUT2D eigenvalue weighted by atomic mass is 10.0. The van der Waals surface area contributed by atoms with E-state index in [1.165, 1.54) is 24.3 Å². The van der Waals surface area contributed by atoms with Gasteiger partial charge in [-0.05, 0) is 45.8 Å². The molecule has 2 heterocycles. The van der Waals surface area contributed by atoms with Crippen molar-refractivity contribution in [2.24, 2.45) is 0 Å². The zero-order valence-corrected chi connectivity index (χ0v) is 14.6. The molecule has 0 amide bonds. The van der Waals surface area contributed by atoms with E-state index >= 15 is 0 Å². The Labute approximate surface area is 155 Å². The maximum absolute atomic E-state index is 13.9. The van der Waals surface area contributed by atoms with Gasteiger partial charge in [-0.15, -0.1) is 5.10 Å². The Balaban J connectivity index is 1.70. The molecule has 1 atom stereocenters. The molecular formula is C19H19F2N5O. The number of hydrogen-bond donors (Lipinski definition) is 0. The minimum absolute atomic E-state index is 0.290. The van der Waals surface area contributed by atoms with Crippen molar-refractivity contribution in [3.05, 3.63) is 77.1 Å². The molecule has 8 heteroatoms. The number of morpholine rings is 1. The first-order chi connectivity index (χ1) is 13.2. The van der Waals surface area contributed by atoms with Gasteiger partial charge in [0.2, 0.25) is 0 Å². The van der Waals surface area contributed by atoms with Crippen molar-refractivity contribution in [1.82, 2.24) is 25.1 Å². The van der Waals surface area contributed by atoms with Gasteiger partial charge in [-0.3, -0.25) is 4.90 Å². The lowest BCUT2D eigenvalue weighted by Gasteiger charge is -2.33. The van der Waals surface area contributed by atoms with Crippen molar-refractivity contribution in [2.75, 3.05) is 26.3 Å². The molecule has 27 heavy (non-hydrogen) atoms. The number of nitrogens with zero attached hydrogens (tertiary/aromatic N) is 5. The Morgan fingerprint density at radius 1 is 1.00 bits per heavy atom. The van der Waals surface area contributed by atoms with Crippen molar-refractivity contribution in [1.29, 1.82) is 0 Å². The number of benzene rings is 2. The minimum atomic E-state index is -0.302. The second kappa shape index (κ2) is 7.89. The molecular weight excluding hydrogens is 352 g/mol. The van der Waals surface area contributed by atoms with Crippen molar-refractivity contribution in [3.63, 3.8) is 0 Å². The van der Waals surface area contributed by atoms with Crippen LogP contribution in [0.3, 0.4) is 0 Å². The van der Waals surface area contributed by atoms with Gasteiger partial charge in [0.05, 0.1) is 25.8 Å². The van der Waals surface area contributed by atoms with Crippen LogP contribution in [0.2, 0.25) is 0 Å². The summed E-state index contributed by atoms with van der Waals surface area (Å²) in [7, 11) is 0. The van der Waals surface area contributed by atoms with E-state index in [1.807, 2.05) is 6.07 Å². The van der Waals surface area contributed by atoms with Crippen LogP contribution in [0, 0.1) is 11.6 Å². The molecule has 1 aromatic heterocycles. The fraction of sp³-hybridized carbons (Fsp3) is 0.316. The van der Waals surface area contributed by atoms with Gasteiger partial charge < -0.3 is 4.74 Å². The average molecular weight is 371 g/mol. The summed E-state index contributed by atoms with van der Waals surface area (Å²) in [6.45, 7) is 3.00. The van der Waals surface area contributed by atoms with Crippen molar-refractivity contribution < 1.29 is 13.5 Å². The van der Waals surface area contributed by atoms with Crippen LogP contribution in [0.4, 0.5) is 8.78 Å². The molecule has 3 aromatic rings. The molecule has 6 nitrogen and oxygen atoms in total. The van der Waals surface area contributed by atoms with Gasteiger partial charge in [-0.25, -0.2) is 13.5 Å². The van der Waals surface area contributed by atoms with Crippen molar-refractivity contribution in [2.45, 2.75) is 12.6 Å². The van der Waals surface area contributed by atoms with E-state index in [4.69, 9.17) is 4.74 Å². The summed E-state index contributed by atoms with van der Waals surface area (Å²) < 4.78 is 34.2. The van der Waals surface area contributed by atoms with E-state index in [9.17, 15) is 8.78 Å². The molecule has 1 aliphatic rings. The largest absolute Gasteiger partial charge is 0.379 e. The number of halogens is 2. The Bertz CT molecular complexity index is 893. The van der Waals surface area contributed by atoms with Crippen LogP contribution in [0.15, 0.2) is 48.5 Å². The van der Waals surface area contributed by atoms with E-state index in [0.29, 0.717) is 38.7 Å². The highest BCUT2D eigenvalue weighted by Crippen LogP contribution is 2.28. The van der Waals surface area contributed by atoms with Gasteiger partial charge in [-0.2, -0.15) is 0 Å². The lowest BCUT2D eigenvalue weighted by Crippen LogP contribution is -2.40. The first-order valence-electron chi connectivity index (χ1n) is 8.78. The maximum Gasteiger partial charge on any atom is 0.173 e. The molecule has 0 unspecified atom stereocenters. The maximum atomic E-state index is 13.9. The van der Waals surface area contributed by atoms with E-state index in [1.54, 1.807) is 22.9 Å². The van der Waals surface area contributed by atoms with Gasteiger partial charge in [0.15, 0.2) is 5.82 Å². The summed E-state index contributed by atoms with van der Waals surface area (Å²) in [6.07, 6.45) is 0. The average Bonchev–Trinajstić information content (AvgIpc) is 3.13. The van der Waals surface area contributed by atoms with E-state index in [0.717, 1.165) is 11.1 Å². The first-order valence-corrected chi connectivity index (χ1v) is 8.78. The molecule has 0 saturated carbocycles. The summed E-state index contributed by atoms with van der Waals surface area (Å²) >= 11 is 0. The zero-order valence-electron chi connectivity index (χ0n) is 14.6. The van der Waals surface area contributed by atoms with Gasteiger partial charge in [0.25, 0.3) is 0 Å². The fourth-order valence-corrected chi connectivity index (χ4v) is 3.32. The quantitative estimate of drug-likeness (QED) is 0.690. The molecule has 0 aliphatic carbocycles. The molecule has 1 aliphatic heterocycles. The standard InChI is InChI=1S/C19H19F2N5O/c20-16-6-4-14(5-7-16)13-26-19(22-23-24-26)18(25-8-10-27-11-9-25)15-2-1-3-17(21)12-15/h1-7,12,18H,8-11,13H2/t18-/m1/s1. The van der Waals surface area contributed by atoms with Crippen LogP contribution in [0.25, 0.3) is 0 Å². The van der Waals surface area contributed by atoms with Gasteiger partial charge in [-0.1, -0.05) is 24.3 Å². The summed E-state index contributed by atoms with van der Waals surface area (Å²) in [5.74, 6) is 0.0248. The van der Waals surface area contributed by atoms with Crippen molar-refractivity contribution >= 4 is 0 Å². The van der Waals surface area contributed by atoms with Crippen LogP contribution >= 0.6 is 0 Å². The highest BCUT2D eigenvalue weighted by atomic mass is 19.1. The Morgan fingerprint density at radius 2 is 1.78 bits per heavy atom. The van der Waals surface area contributed by atoms with Gasteiger partial charge in [0.1, 0.15) is 11.6 Å². The van der Waals surface area contributed by atoms with Gasteiger partial charge >= 0.3 is 0 Å². The molecule has 140 valence electrons. The molecule has 1 saturated heterocycles. The number of hydrogen-bond acceptors (Lipinski definition) is 5. The van der Waals surface area contributed by atoms with Gasteiger partial charge in [0, 0.05) is 13.1 Å². The smallest absolute Gasteiger partial charge is 0.173 e. The third kappa shape index (κ3) is 4.01. The normalized spacial score (nSPS) is 16.4. The van der Waals surface area contributed by atoms with Crippen LogP contribution in [-0.2, 0) is 11.3 Å². The highest BCUT2D eigenvalue weighted by Gasteiger charge is 2.29. The van der Waals surface area contributed by atoms with Crippen LogP contribution < -0.4 is 0 Å². The Hall–Kier alpha value is -2.71. The summed E-state index contributed by atoms with van der Waals surface area (Å²) in [6, 6.07) is 12.4. The van der Waals surface area contributed by atoms with Crippen LogP contribution in [-0.4, -0.2) is 51.4 Å². The molecule has 0 spiro atoms.